The minimum absolute atomic E-state index is 0.0668. The second-order valence-corrected chi connectivity index (χ2v) is 9.10. The summed E-state index contributed by atoms with van der Waals surface area (Å²) in [6, 6.07) is 3.19. The van der Waals surface area contributed by atoms with Crippen LogP contribution in [0.5, 0.6) is 0 Å². The molecule has 1 aromatic heterocycles. The van der Waals surface area contributed by atoms with E-state index < -0.39 is 52.3 Å². The van der Waals surface area contributed by atoms with E-state index in [0.717, 1.165) is 23.2 Å². The van der Waals surface area contributed by atoms with Crippen molar-refractivity contribution in [1.29, 1.82) is 0 Å². The Morgan fingerprint density at radius 2 is 1.59 bits per heavy atom. The SMILES string of the molecule is CN(NC(=O)c1ccc(C(F)=CC(c2cc(Cl)c(Cl)c(Cl)c2)C(F)(F)F)cc1C(F)(F)F)c1ncc(N)cn1. The van der Waals surface area contributed by atoms with Crippen LogP contribution in [0.15, 0.2) is 48.8 Å². The van der Waals surface area contributed by atoms with Gasteiger partial charge in [-0.1, -0.05) is 40.9 Å². The summed E-state index contributed by atoms with van der Waals surface area (Å²) in [5.41, 5.74) is 3.76. The number of carbonyl (C=O) groups excluding carboxylic acids is 1. The lowest BCUT2D eigenvalue weighted by Crippen LogP contribution is -2.41. The molecule has 16 heteroatoms. The molecule has 39 heavy (non-hydrogen) atoms. The predicted molar refractivity (Wildman–Crippen MR) is 133 cm³/mol. The lowest BCUT2D eigenvalue weighted by Gasteiger charge is -2.20. The molecular weight excluding hydrogens is 602 g/mol. The largest absolute Gasteiger partial charge is 0.417 e. The Kier molecular flexibility index (Phi) is 8.88. The predicted octanol–water partition coefficient (Wildman–Crippen LogP) is 7.48. The van der Waals surface area contributed by atoms with Gasteiger partial charge in [0.1, 0.15) is 11.7 Å². The van der Waals surface area contributed by atoms with E-state index in [1.165, 1.54) is 19.4 Å². The lowest BCUT2D eigenvalue weighted by atomic mass is 9.95. The number of amides is 1. The number of hydrogen-bond donors (Lipinski definition) is 2. The molecular formula is C23H15Cl3F7N5O. The number of hydrogen-bond acceptors (Lipinski definition) is 5. The Morgan fingerprint density at radius 1 is 1.03 bits per heavy atom. The van der Waals surface area contributed by atoms with Crippen LogP contribution in [-0.2, 0) is 6.18 Å². The highest BCUT2D eigenvalue weighted by Gasteiger charge is 2.41. The molecule has 208 valence electrons. The number of aromatic nitrogens is 2. The number of halogens is 10. The Labute approximate surface area is 231 Å². The highest BCUT2D eigenvalue weighted by Crippen LogP contribution is 2.42. The minimum Gasteiger partial charge on any atom is -0.396 e. The first-order valence-corrected chi connectivity index (χ1v) is 11.5. The quantitative estimate of drug-likeness (QED) is 0.171. The number of nitrogens with two attached hydrogens (primary N) is 1. The Hall–Kier alpha value is -3.29. The molecule has 0 aliphatic carbocycles. The maximum atomic E-state index is 15.0. The molecule has 1 unspecified atom stereocenters. The van der Waals surface area contributed by atoms with Crippen molar-refractivity contribution in [1.82, 2.24) is 15.4 Å². The second-order valence-electron chi connectivity index (χ2n) is 7.91. The van der Waals surface area contributed by atoms with Crippen LogP contribution < -0.4 is 16.2 Å². The summed E-state index contributed by atoms with van der Waals surface area (Å²) in [6.45, 7) is 0. The fraction of sp³-hybridized carbons (Fsp3) is 0.174. The van der Waals surface area contributed by atoms with Crippen LogP contribution in [0.4, 0.5) is 42.4 Å². The van der Waals surface area contributed by atoms with Crippen LogP contribution in [0.3, 0.4) is 0 Å². The summed E-state index contributed by atoms with van der Waals surface area (Å²) in [4.78, 5) is 20.2. The summed E-state index contributed by atoms with van der Waals surface area (Å²) in [5.74, 6) is -5.68. The highest BCUT2D eigenvalue weighted by molar-refractivity contribution is 6.48. The van der Waals surface area contributed by atoms with Crippen LogP contribution in [0.25, 0.3) is 5.83 Å². The molecule has 1 atom stereocenters. The number of anilines is 2. The van der Waals surface area contributed by atoms with Crippen molar-refractivity contribution in [3.8, 4) is 0 Å². The molecule has 0 spiro atoms. The van der Waals surface area contributed by atoms with E-state index in [4.69, 9.17) is 40.5 Å². The first-order valence-electron chi connectivity index (χ1n) is 10.4. The van der Waals surface area contributed by atoms with Crippen molar-refractivity contribution in [3.05, 3.63) is 86.1 Å². The molecule has 3 aromatic rings. The molecule has 2 aromatic carbocycles. The van der Waals surface area contributed by atoms with E-state index in [1.807, 2.05) is 0 Å². The number of alkyl halides is 6. The average Bonchev–Trinajstić information content (AvgIpc) is 2.84. The minimum atomic E-state index is -5.18. The maximum Gasteiger partial charge on any atom is 0.417 e. The van der Waals surface area contributed by atoms with Crippen molar-refractivity contribution in [2.75, 3.05) is 17.8 Å². The van der Waals surface area contributed by atoms with E-state index in [2.05, 4.69) is 15.4 Å². The van der Waals surface area contributed by atoms with E-state index in [9.17, 15) is 31.1 Å². The molecule has 1 heterocycles. The molecule has 0 bridgehead atoms. The van der Waals surface area contributed by atoms with Gasteiger partial charge in [-0.25, -0.2) is 14.4 Å². The van der Waals surface area contributed by atoms with Gasteiger partial charge < -0.3 is 5.73 Å². The summed E-state index contributed by atoms with van der Waals surface area (Å²) < 4.78 is 97.8. The third-order valence-electron chi connectivity index (χ3n) is 5.10. The average molecular weight is 617 g/mol. The summed E-state index contributed by atoms with van der Waals surface area (Å²) in [5, 5.41) is -0.00516. The smallest absolute Gasteiger partial charge is 0.396 e. The van der Waals surface area contributed by atoms with E-state index in [0.29, 0.717) is 6.07 Å². The van der Waals surface area contributed by atoms with Crippen LogP contribution in [-0.4, -0.2) is 29.1 Å². The monoisotopic (exact) mass is 615 g/mol. The van der Waals surface area contributed by atoms with Gasteiger partial charge in [0.15, 0.2) is 0 Å². The van der Waals surface area contributed by atoms with Crippen LogP contribution in [0.1, 0.15) is 33.0 Å². The van der Waals surface area contributed by atoms with E-state index >= 15 is 4.39 Å². The van der Waals surface area contributed by atoms with Gasteiger partial charge in [-0.05, 0) is 35.9 Å². The highest BCUT2D eigenvalue weighted by atomic mass is 35.5. The Morgan fingerprint density at radius 3 is 2.10 bits per heavy atom. The number of nitrogens with zero attached hydrogens (tertiary/aromatic N) is 3. The van der Waals surface area contributed by atoms with Gasteiger partial charge in [0.05, 0.1) is 44.3 Å². The zero-order valence-electron chi connectivity index (χ0n) is 19.3. The van der Waals surface area contributed by atoms with Gasteiger partial charge in [0.2, 0.25) is 5.95 Å². The number of benzene rings is 2. The normalized spacial score (nSPS) is 13.3. The van der Waals surface area contributed by atoms with E-state index in [1.54, 1.807) is 0 Å². The van der Waals surface area contributed by atoms with Gasteiger partial charge in [-0.3, -0.25) is 15.2 Å². The lowest BCUT2D eigenvalue weighted by molar-refractivity contribution is -0.140. The van der Waals surface area contributed by atoms with Gasteiger partial charge in [0.25, 0.3) is 5.91 Å². The van der Waals surface area contributed by atoms with Crippen molar-refractivity contribution in [2.24, 2.45) is 0 Å². The van der Waals surface area contributed by atoms with Gasteiger partial charge in [0, 0.05) is 12.6 Å². The Bertz CT molecular complexity index is 1390. The standard InChI is InChI=1S/C23H15Cl3F7N5O/c1-38(21-35-8-12(34)9-36-21)37-20(39)13-3-2-10(4-15(13)23(31,32)33)18(27)7-14(22(28,29)30)11-5-16(24)19(26)17(25)6-11/h2-9,14H,34H2,1H3,(H,37,39). The molecule has 1 amide bonds. The molecule has 0 fully saturated rings. The zero-order valence-corrected chi connectivity index (χ0v) is 21.6. The van der Waals surface area contributed by atoms with Gasteiger partial charge >= 0.3 is 12.4 Å². The molecule has 0 saturated heterocycles. The third-order valence-corrected chi connectivity index (χ3v) is 6.30. The summed E-state index contributed by atoms with van der Waals surface area (Å²) in [6.07, 6.45) is -7.82. The molecule has 0 radical (unpaired) electrons. The van der Waals surface area contributed by atoms with Crippen molar-refractivity contribution in [2.45, 2.75) is 18.3 Å². The second kappa shape index (κ2) is 11.4. The fourth-order valence-corrected chi connectivity index (χ4v) is 3.88. The molecule has 0 aliphatic heterocycles. The van der Waals surface area contributed by atoms with Gasteiger partial charge in [-0.2, -0.15) is 26.3 Å². The zero-order chi connectivity index (χ0) is 29.3. The van der Waals surface area contributed by atoms with E-state index in [-0.39, 0.29) is 38.8 Å². The number of rotatable bonds is 6. The third kappa shape index (κ3) is 7.22. The Balaban J connectivity index is 2.00. The van der Waals surface area contributed by atoms with Gasteiger partial charge in [-0.15, -0.1) is 0 Å². The summed E-state index contributed by atoms with van der Waals surface area (Å²) >= 11 is 17.3. The number of hydrazine groups is 1. The molecule has 0 aliphatic rings. The molecule has 3 rings (SSSR count). The maximum absolute atomic E-state index is 15.0. The van der Waals surface area contributed by atoms with Crippen molar-refractivity contribution < 1.29 is 35.5 Å². The number of carbonyl (C=O) groups is 1. The molecule has 0 saturated carbocycles. The van der Waals surface area contributed by atoms with Crippen LogP contribution in [0, 0.1) is 0 Å². The number of nitrogens with one attached hydrogen (secondary N) is 1. The summed E-state index contributed by atoms with van der Waals surface area (Å²) in [7, 11) is 1.24. The fourth-order valence-electron chi connectivity index (χ4n) is 3.27. The molecule has 3 N–H and O–H groups in total. The number of allylic oxidation sites excluding steroid dienone is 1. The topological polar surface area (TPSA) is 84.1 Å². The number of nitrogen functional groups attached to an aromatic ring is 1. The van der Waals surface area contributed by atoms with Crippen molar-refractivity contribution >= 4 is 58.2 Å². The molecule has 6 nitrogen and oxygen atoms in total. The van der Waals surface area contributed by atoms with Crippen LogP contribution in [0.2, 0.25) is 15.1 Å². The first-order chi connectivity index (χ1) is 18.0. The first kappa shape index (κ1) is 30.3. The van der Waals surface area contributed by atoms with Crippen LogP contribution >= 0.6 is 34.8 Å². The van der Waals surface area contributed by atoms with Crippen molar-refractivity contribution in [3.63, 3.8) is 0 Å².